The third kappa shape index (κ3) is 8.97. The molecule has 0 aliphatic carbocycles. The number of hydrogen-bond donors (Lipinski definition) is 2. The van der Waals surface area contributed by atoms with Crippen LogP contribution in [-0.2, 0) is 4.74 Å². The minimum atomic E-state index is -0.725. The summed E-state index contributed by atoms with van der Waals surface area (Å²) in [6, 6.07) is 7.54. The van der Waals surface area contributed by atoms with Crippen molar-refractivity contribution in [2.75, 3.05) is 6.54 Å². The number of nitrogens with one attached hydrogen (secondary N) is 1. The first-order valence-corrected chi connectivity index (χ1v) is 6.49. The van der Waals surface area contributed by atoms with E-state index in [9.17, 15) is 9.59 Å². The summed E-state index contributed by atoms with van der Waals surface area (Å²) in [6.45, 7) is 9.87. The van der Waals surface area contributed by atoms with Gasteiger partial charge in [0.15, 0.2) is 0 Å². The molecule has 1 rings (SSSR count). The zero-order valence-corrected chi connectivity index (χ0v) is 12.8. The van der Waals surface area contributed by atoms with Gasteiger partial charge in [0, 0.05) is 12.1 Å². The standard InChI is InChI=1S/C10H13NO.C5H11NO2/c1-3-11-10(12)9-6-4-8(2)5-7-9;1-5(2,3)8-4(6)7/h4-7H,3H2,1-2H3,(H,11,12);1-3H3,(H2,6,7). The Morgan fingerprint density at radius 3 is 2.00 bits per heavy atom. The highest BCUT2D eigenvalue weighted by atomic mass is 16.6. The molecule has 2 amide bonds. The van der Waals surface area contributed by atoms with Gasteiger partial charge in [-0.3, -0.25) is 4.79 Å². The largest absolute Gasteiger partial charge is 0.444 e. The van der Waals surface area contributed by atoms with Crippen LogP contribution in [0.1, 0.15) is 43.6 Å². The Morgan fingerprint density at radius 2 is 1.70 bits per heavy atom. The minimum absolute atomic E-state index is 0.00231. The SMILES string of the molecule is CC(C)(C)OC(N)=O.CCNC(=O)c1ccc(C)cc1. The number of aryl methyl sites for hydroxylation is 1. The summed E-state index contributed by atoms with van der Waals surface area (Å²) < 4.78 is 4.58. The molecule has 0 heterocycles. The average molecular weight is 280 g/mol. The molecule has 1 aromatic carbocycles. The Bertz CT molecular complexity index is 433. The zero-order valence-electron chi connectivity index (χ0n) is 12.8. The molecule has 1 aromatic rings. The molecule has 112 valence electrons. The van der Waals surface area contributed by atoms with Gasteiger partial charge in [-0.05, 0) is 46.8 Å². The molecule has 0 bridgehead atoms. The van der Waals surface area contributed by atoms with Crippen molar-refractivity contribution in [2.24, 2.45) is 5.73 Å². The Labute approximate surface area is 120 Å². The van der Waals surface area contributed by atoms with Gasteiger partial charge >= 0.3 is 6.09 Å². The number of primary amides is 1. The number of ether oxygens (including phenoxy) is 1. The fraction of sp³-hybridized carbons (Fsp3) is 0.467. The van der Waals surface area contributed by atoms with Crippen LogP contribution in [0.15, 0.2) is 24.3 Å². The predicted molar refractivity (Wildman–Crippen MR) is 79.6 cm³/mol. The number of carbonyl (C=O) groups is 2. The molecule has 0 unspecified atom stereocenters. The maximum Gasteiger partial charge on any atom is 0.405 e. The van der Waals surface area contributed by atoms with Gasteiger partial charge in [0.05, 0.1) is 0 Å². The molecule has 0 aromatic heterocycles. The molecule has 0 fully saturated rings. The maximum atomic E-state index is 11.2. The number of hydrogen-bond acceptors (Lipinski definition) is 3. The van der Waals surface area contributed by atoms with Crippen LogP contribution in [0.25, 0.3) is 0 Å². The van der Waals surface area contributed by atoms with Crippen molar-refractivity contribution in [1.82, 2.24) is 5.32 Å². The second-order valence-corrected chi connectivity index (χ2v) is 5.26. The van der Waals surface area contributed by atoms with Crippen molar-refractivity contribution in [3.63, 3.8) is 0 Å². The van der Waals surface area contributed by atoms with Gasteiger partial charge in [0.1, 0.15) is 5.60 Å². The first kappa shape index (κ1) is 18.0. The van der Waals surface area contributed by atoms with Crippen molar-refractivity contribution in [3.05, 3.63) is 35.4 Å². The highest BCUT2D eigenvalue weighted by molar-refractivity contribution is 5.94. The lowest BCUT2D eigenvalue weighted by Crippen LogP contribution is -2.27. The molecule has 0 aliphatic heterocycles. The van der Waals surface area contributed by atoms with E-state index in [4.69, 9.17) is 5.73 Å². The molecule has 20 heavy (non-hydrogen) atoms. The van der Waals surface area contributed by atoms with E-state index in [0.29, 0.717) is 6.54 Å². The van der Waals surface area contributed by atoms with Crippen LogP contribution >= 0.6 is 0 Å². The number of rotatable bonds is 2. The number of nitrogens with two attached hydrogens (primary N) is 1. The molecule has 0 radical (unpaired) electrons. The van der Waals surface area contributed by atoms with Crippen LogP contribution in [0.3, 0.4) is 0 Å². The van der Waals surface area contributed by atoms with Crippen molar-refractivity contribution in [3.8, 4) is 0 Å². The Balaban J connectivity index is 0.000000396. The van der Waals surface area contributed by atoms with Crippen LogP contribution in [-0.4, -0.2) is 24.1 Å². The van der Waals surface area contributed by atoms with Crippen molar-refractivity contribution < 1.29 is 14.3 Å². The number of amides is 2. The van der Waals surface area contributed by atoms with Crippen LogP contribution < -0.4 is 11.1 Å². The average Bonchev–Trinajstić information content (AvgIpc) is 2.27. The molecule has 0 atom stereocenters. The van der Waals surface area contributed by atoms with Crippen molar-refractivity contribution in [2.45, 2.75) is 40.2 Å². The smallest absolute Gasteiger partial charge is 0.405 e. The second kappa shape index (κ2) is 8.19. The quantitative estimate of drug-likeness (QED) is 0.873. The van der Waals surface area contributed by atoms with E-state index in [1.54, 1.807) is 20.8 Å². The van der Waals surface area contributed by atoms with E-state index in [1.807, 2.05) is 38.1 Å². The van der Waals surface area contributed by atoms with Gasteiger partial charge in [-0.15, -0.1) is 0 Å². The normalized spacial score (nSPS) is 10.1. The molecule has 0 spiro atoms. The fourth-order valence-electron chi connectivity index (χ4n) is 1.27. The second-order valence-electron chi connectivity index (χ2n) is 5.26. The van der Waals surface area contributed by atoms with E-state index < -0.39 is 11.7 Å². The number of benzene rings is 1. The van der Waals surface area contributed by atoms with Gasteiger partial charge in [-0.25, -0.2) is 4.79 Å². The van der Waals surface area contributed by atoms with Gasteiger partial charge in [-0.1, -0.05) is 17.7 Å². The lowest BCUT2D eigenvalue weighted by atomic mass is 10.1. The molecule has 5 nitrogen and oxygen atoms in total. The van der Waals surface area contributed by atoms with Gasteiger partial charge in [0.2, 0.25) is 0 Å². The summed E-state index contributed by atoms with van der Waals surface area (Å²) in [5.74, 6) is -0.00231. The van der Waals surface area contributed by atoms with Gasteiger partial charge < -0.3 is 15.8 Å². The van der Waals surface area contributed by atoms with Crippen molar-refractivity contribution in [1.29, 1.82) is 0 Å². The monoisotopic (exact) mass is 280 g/mol. The summed E-state index contributed by atoms with van der Waals surface area (Å²) >= 11 is 0. The van der Waals surface area contributed by atoms with Crippen molar-refractivity contribution >= 4 is 12.0 Å². The Morgan fingerprint density at radius 1 is 1.20 bits per heavy atom. The Hall–Kier alpha value is -2.04. The van der Waals surface area contributed by atoms with E-state index in [0.717, 1.165) is 5.56 Å². The molecular weight excluding hydrogens is 256 g/mol. The molecule has 0 saturated carbocycles. The van der Waals surface area contributed by atoms with E-state index in [1.165, 1.54) is 5.56 Å². The fourth-order valence-corrected chi connectivity index (χ4v) is 1.27. The predicted octanol–water partition coefficient (Wildman–Crippen LogP) is 2.62. The first-order valence-electron chi connectivity index (χ1n) is 6.49. The molecular formula is C15H24N2O3. The van der Waals surface area contributed by atoms with Crippen LogP contribution in [0.2, 0.25) is 0 Å². The summed E-state index contributed by atoms with van der Waals surface area (Å²) in [4.78, 5) is 21.3. The molecule has 5 heteroatoms. The molecule has 0 saturated heterocycles. The Kier molecular flexibility index (Phi) is 7.36. The molecule has 3 N–H and O–H groups in total. The van der Waals surface area contributed by atoms with E-state index in [-0.39, 0.29) is 5.91 Å². The lowest BCUT2D eigenvalue weighted by Gasteiger charge is -2.16. The van der Waals surface area contributed by atoms with Crippen LogP contribution in [0.5, 0.6) is 0 Å². The van der Waals surface area contributed by atoms with Crippen LogP contribution in [0, 0.1) is 6.92 Å². The summed E-state index contributed by atoms with van der Waals surface area (Å²) in [7, 11) is 0. The zero-order chi connectivity index (χ0) is 15.8. The summed E-state index contributed by atoms with van der Waals surface area (Å²) in [6.07, 6.45) is -0.725. The summed E-state index contributed by atoms with van der Waals surface area (Å²) in [5.41, 5.74) is 6.16. The van der Waals surface area contributed by atoms with Crippen LogP contribution in [0.4, 0.5) is 4.79 Å². The highest BCUT2D eigenvalue weighted by Crippen LogP contribution is 2.05. The van der Waals surface area contributed by atoms with E-state index >= 15 is 0 Å². The third-order valence-corrected chi connectivity index (χ3v) is 2.06. The van der Waals surface area contributed by atoms with E-state index in [2.05, 4.69) is 10.1 Å². The number of carbonyl (C=O) groups excluding carboxylic acids is 2. The third-order valence-electron chi connectivity index (χ3n) is 2.06. The summed E-state index contributed by atoms with van der Waals surface area (Å²) in [5, 5.41) is 2.74. The van der Waals surface area contributed by atoms with Gasteiger partial charge in [0.25, 0.3) is 5.91 Å². The minimum Gasteiger partial charge on any atom is -0.444 e. The van der Waals surface area contributed by atoms with Gasteiger partial charge in [-0.2, -0.15) is 0 Å². The molecule has 0 aliphatic rings. The highest BCUT2D eigenvalue weighted by Gasteiger charge is 2.12. The topological polar surface area (TPSA) is 81.4 Å². The first-order chi connectivity index (χ1) is 9.15. The lowest BCUT2D eigenvalue weighted by molar-refractivity contribution is 0.0600. The maximum absolute atomic E-state index is 11.2.